The summed E-state index contributed by atoms with van der Waals surface area (Å²) in [6.45, 7) is 3.76. The summed E-state index contributed by atoms with van der Waals surface area (Å²) in [6, 6.07) is 24.2. The zero-order valence-corrected chi connectivity index (χ0v) is 19.0. The number of thioether (sulfide) groups is 1. The Bertz CT molecular complexity index is 1300. The summed E-state index contributed by atoms with van der Waals surface area (Å²) >= 11 is 1.26. The lowest BCUT2D eigenvalue weighted by molar-refractivity contribution is -0.124. The molecule has 164 valence electrons. The zero-order valence-electron chi connectivity index (χ0n) is 18.2. The summed E-state index contributed by atoms with van der Waals surface area (Å²) in [6.07, 6.45) is 0. The van der Waals surface area contributed by atoms with Crippen LogP contribution in [0.5, 0.6) is 0 Å². The summed E-state index contributed by atoms with van der Waals surface area (Å²) < 4.78 is 0. The van der Waals surface area contributed by atoms with Crippen molar-refractivity contribution < 1.29 is 9.59 Å². The second kappa shape index (κ2) is 8.67. The number of amides is 2. The maximum absolute atomic E-state index is 13.5. The molecule has 2 amide bonds. The number of aryl methyl sites for hydroxylation is 1. The first-order chi connectivity index (χ1) is 16.0. The first kappa shape index (κ1) is 21.2. The van der Waals surface area contributed by atoms with Gasteiger partial charge in [-0.25, -0.2) is 14.9 Å². The smallest absolute Gasteiger partial charge is 0.263 e. The summed E-state index contributed by atoms with van der Waals surface area (Å²) in [4.78, 5) is 37.5. The van der Waals surface area contributed by atoms with E-state index in [0.717, 1.165) is 28.1 Å². The number of carbonyl (C=O) groups excluding carboxylic acids is 2. The van der Waals surface area contributed by atoms with E-state index in [1.807, 2.05) is 92.7 Å². The van der Waals surface area contributed by atoms with Gasteiger partial charge in [0.05, 0.1) is 10.9 Å². The molecule has 2 atom stereocenters. The van der Waals surface area contributed by atoms with Gasteiger partial charge in [-0.1, -0.05) is 72.4 Å². The third-order valence-corrected chi connectivity index (χ3v) is 6.69. The molecule has 0 saturated carbocycles. The molecule has 3 aromatic rings. The molecule has 0 bridgehead atoms. The summed E-state index contributed by atoms with van der Waals surface area (Å²) in [5, 5.41) is 2.96. The second-order valence-electron chi connectivity index (χ2n) is 7.92. The quantitative estimate of drug-likeness (QED) is 0.597. The molecular formula is C26H22N4O2S. The van der Waals surface area contributed by atoms with E-state index in [1.165, 1.54) is 11.8 Å². The van der Waals surface area contributed by atoms with Crippen molar-refractivity contribution in [3.05, 3.63) is 95.6 Å². The largest absolute Gasteiger partial charge is 0.325 e. The van der Waals surface area contributed by atoms with Crippen LogP contribution in [0.1, 0.15) is 29.7 Å². The van der Waals surface area contributed by atoms with Crippen molar-refractivity contribution in [1.29, 1.82) is 0 Å². The van der Waals surface area contributed by atoms with Crippen LogP contribution >= 0.6 is 11.8 Å². The van der Waals surface area contributed by atoms with Crippen LogP contribution in [-0.2, 0) is 9.59 Å². The van der Waals surface area contributed by atoms with E-state index in [0.29, 0.717) is 11.0 Å². The number of hydrogen-bond donors (Lipinski definition) is 1. The molecule has 0 fully saturated rings. The lowest BCUT2D eigenvalue weighted by atomic mass is 10.1. The second-order valence-corrected chi connectivity index (χ2v) is 9.22. The molecule has 0 saturated heterocycles. The Morgan fingerprint density at radius 3 is 2.48 bits per heavy atom. The molecule has 0 aromatic heterocycles. The number of aliphatic imine (C=N–C) groups is 2. The van der Waals surface area contributed by atoms with E-state index in [4.69, 9.17) is 9.98 Å². The molecular weight excluding hydrogens is 432 g/mol. The molecule has 2 aliphatic rings. The van der Waals surface area contributed by atoms with Crippen molar-refractivity contribution in [2.45, 2.75) is 25.1 Å². The Labute approximate surface area is 196 Å². The van der Waals surface area contributed by atoms with E-state index < -0.39 is 11.3 Å². The topological polar surface area (TPSA) is 74.1 Å². The van der Waals surface area contributed by atoms with Gasteiger partial charge in [-0.05, 0) is 43.2 Å². The molecule has 0 radical (unpaired) electrons. The monoisotopic (exact) mass is 454 g/mol. The van der Waals surface area contributed by atoms with Crippen LogP contribution in [0.3, 0.4) is 0 Å². The summed E-state index contributed by atoms with van der Waals surface area (Å²) in [5.41, 5.74) is 4.14. The normalized spacial score (nSPS) is 17.6. The molecule has 2 heterocycles. The van der Waals surface area contributed by atoms with Crippen molar-refractivity contribution in [2.75, 3.05) is 5.32 Å². The molecule has 6 nitrogen and oxygen atoms in total. The molecule has 0 spiro atoms. The Morgan fingerprint density at radius 2 is 1.70 bits per heavy atom. The van der Waals surface area contributed by atoms with E-state index in [2.05, 4.69) is 5.32 Å². The van der Waals surface area contributed by atoms with Gasteiger partial charge in [-0.2, -0.15) is 0 Å². The van der Waals surface area contributed by atoms with E-state index >= 15 is 0 Å². The van der Waals surface area contributed by atoms with Crippen LogP contribution in [-0.4, -0.2) is 33.0 Å². The van der Waals surface area contributed by atoms with Gasteiger partial charge in [0.15, 0.2) is 11.2 Å². The van der Waals surface area contributed by atoms with Gasteiger partial charge >= 0.3 is 0 Å². The van der Waals surface area contributed by atoms with Gasteiger partial charge in [-0.15, -0.1) is 0 Å². The number of anilines is 1. The molecule has 0 aliphatic carbocycles. The maximum atomic E-state index is 13.5. The number of para-hydroxylation sites is 2. The molecule has 1 N–H and O–H groups in total. The average Bonchev–Trinajstić information content (AvgIpc) is 3.19. The first-order valence-electron chi connectivity index (χ1n) is 10.7. The highest BCUT2D eigenvalue weighted by Crippen LogP contribution is 2.38. The minimum atomic E-state index is -0.630. The van der Waals surface area contributed by atoms with E-state index in [9.17, 15) is 9.59 Å². The zero-order chi connectivity index (χ0) is 22.9. The molecule has 5 rings (SSSR count). The number of nitrogens with zero attached hydrogens (tertiary/aromatic N) is 3. The maximum Gasteiger partial charge on any atom is 0.263 e. The minimum absolute atomic E-state index is 0.152. The predicted molar refractivity (Wildman–Crippen MR) is 133 cm³/mol. The van der Waals surface area contributed by atoms with Gasteiger partial charge in [0.2, 0.25) is 5.91 Å². The Morgan fingerprint density at radius 1 is 1.00 bits per heavy atom. The lowest BCUT2D eigenvalue weighted by Crippen LogP contribution is -2.41. The van der Waals surface area contributed by atoms with Gasteiger partial charge < -0.3 is 5.32 Å². The van der Waals surface area contributed by atoms with Crippen LogP contribution in [0.15, 0.2) is 88.8 Å². The number of fused-ring (bicyclic) bond motifs is 3. The van der Waals surface area contributed by atoms with E-state index in [1.54, 1.807) is 4.90 Å². The van der Waals surface area contributed by atoms with Crippen LogP contribution in [0, 0.1) is 6.92 Å². The highest BCUT2D eigenvalue weighted by atomic mass is 32.2. The molecule has 2 aliphatic heterocycles. The SMILES string of the molecule is Cc1ccccc1NC(=O)C(C)SC1=Nc2ccccc2C2=NC(c3ccccc3)C(=O)N12. The van der Waals surface area contributed by atoms with Crippen LogP contribution in [0.25, 0.3) is 0 Å². The number of nitrogens with one attached hydrogen (secondary N) is 1. The highest BCUT2D eigenvalue weighted by molar-refractivity contribution is 8.15. The van der Waals surface area contributed by atoms with Crippen LogP contribution in [0.2, 0.25) is 0 Å². The van der Waals surface area contributed by atoms with Crippen molar-refractivity contribution in [3.8, 4) is 0 Å². The number of rotatable bonds is 4. The third kappa shape index (κ3) is 3.96. The summed E-state index contributed by atoms with van der Waals surface area (Å²) in [7, 11) is 0. The molecule has 33 heavy (non-hydrogen) atoms. The van der Waals surface area contributed by atoms with E-state index in [-0.39, 0.29) is 11.8 Å². The van der Waals surface area contributed by atoms with Gasteiger partial charge in [0.25, 0.3) is 5.91 Å². The summed E-state index contributed by atoms with van der Waals surface area (Å²) in [5.74, 6) is 0.262. The highest BCUT2D eigenvalue weighted by Gasteiger charge is 2.42. The Hall–Kier alpha value is -3.71. The van der Waals surface area contributed by atoms with Crippen molar-refractivity contribution in [2.24, 2.45) is 9.98 Å². The fraction of sp³-hybridized carbons (Fsp3) is 0.154. The van der Waals surface area contributed by atoms with Gasteiger partial charge in [0.1, 0.15) is 5.84 Å². The Kier molecular flexibility index (Phi) is 5.56. The van der Waals surface area contributed by atoms with Gasteiger partial charge in [0, 0.05) is 11.3 Å². The average molecular weight is 455 g/mol. The standard InChI is InChI=1S/C26H22N4O2S/c1-16-10-6-8-14-20(16)27-24(31)17(2)33-26-28-21-15-9-7-13-19(21)23-29-22(25(32)30(23)26)18-11-4-3-5-12-18/h3-15,17,22H,1-2H3,(H,27,31). The van der Waals surface area contributed by atoms with Crippen molar-refractivity contribution in [1.82, 2.24) is 4.90 Å². The van der Waals surface area contributed by atoms with Crippen molar-refractivity contribution >= 4 is 46.0 Å². The minimum Gasteiger partial charge on any atom is -0.325 e. The lowest BCUT2D eigenvalue weighted by Gasteiger charge is -2.27. The first-order valence-corrected chi connectivity index (χ1v) is 11.6. The Balaban J connectivity index is 1.45. The number of carbonyl (C=O) groups is 2. The number of hydrogen-bond acceptors (Lipinski definition) is 5. The van der Waals surface area contributed by atoms with Crippen LogP contribution < -0.4 is 5.32 Å². The number of benzene rings is 3. The molecule has 3 aromatic carbocycles. The van der Waals surface area contributed by atoms with Gasteiger partial charge in [-0.3, -0.25) is 9.59 Å². The van der Waals surface area contributed by atoms with Crippen molar-refractivity contribution in [3.63, 3.8) is 0 Å². The number of amidine groups is 2. The molecule has 7 heteroatoms. The fourth-order valence-corrected chi connectivity index (χ4v) is 4.76. The van der Waals surface area contributed by atoms with Crippen LogP contribution in [0.4, 0.5) is 11.4 Å². The predicted octanol–water partition coefficient (Wildman–Crippen LogP) is 5.09. The molecule has 2 unspecified atom stereocenters. The third-order valence-electron chi connectivity index (χ3n) is 5.64. The fourth-order valence-electron chi connectivity index (χ4n) is 3.84.